The topological polar surface area (TPSA) is 26.9 Å². The molecule has 0 aromatic carbocycles. The third kappa shape index (κ3) is 2.34. The quantitative estimate of drug-likeness (QED) is 0.500. The first-order chi connectivity index (χ1) is 6.29. The van der Waals surface area contributed by atoms with Crippen molar-refractivity contribution in [3.63, 3.8) is 0 Å². The van der Waals surface area contributed by atoms with E-state index in [0.717, 1.165) is 25.9 Å². The van der Waals surface area contributed by atoms with Gasteiger partial charge in [0.25, 0.3) is 0 Å². The van der Waals surface area contributed by atoms with Crippen molar-refractivity contribution in [1.29, 1.82) is 0 Å². The van der Waals surface area contributed by atoms with Crippen molar-refractivity contribution in [3.8, 4) is 0 Å². The smallest absolute Gasteiger partial charge is 0.300 e. The molecule has 3 nitrogen and oxygen atoms in total. The molecule has 1 heterocycles. The zero-order chi connectivity index (χ0) is 9.68. The van der Waals surface area contributed by atoms with Crippen LogP contribution >= 0.6 is 0 Å². The predicted molar refractivity (Wildman–Crippen MR) is 53.8 cm³/mol. The van der Waals surface area contributed by atoms with Crippen LogP contribution < -0.4 is 5.69 Å². The summed E-state index contributed by atoms with van der Waals surface area (Å²) >= 11 is 0. The molecular weight excluding hydrogens is 164 g/mol. The van der Waals surface area contributed by atoms with Crippen molar-refractivity contribution in [2.45, 2.75) is 32.9 Å². The number of imidazole rings is 1. The summed E-state index contributed by atoms with van der Waals surface area (Å²) < 4.78 is 3.45. The number of hydrogen-bond acceptors (Lipinski definition) is 1. The van der Waals surface area contributed by atoms with E-state index >= 15 is 0 Å². The van der Waals surface area contributed by atoms with Gasteiger partial charge in [0, 0.05) is 25.5 Å². The summed E-state index contributed by atoms with van der Waals surface area (Å²) in [5.74, 6) is 0. The highest BCUT2D eigenvalue weighted by atomic mass is 16.1. The first-order valence-corrected chi connectivity index (χ1v) is 4.66. The van der Waals surface area contributed by atoms with E-state index in [2.05, 4.69) is 6.58 Å². The standard InChI is InChI=1S/C10H16N2O/c1-3-5-6-7-12-9-8-11(4-2)10(12)13/h3,8-9H,1,4-7H2,2H3. The van der Waals surface area contributed by atoms with Crippen LogP contribution in [0.5, 0.6) is 0 Å². The van der Waals surface area contributed by atoms with E-state index in [4.69, 9.17) is 0 Å². The van der Waals surface area contributed by atoms with Crippen LogP contribution in [0.2, 0.25) is 0 Å². The maximum atomic E-state index is 11.5. The number of nitrogens with zero attached hydrogens (tertiary/aromatic N) is 2. The fourth-order valence-electron chi connectivity index (χ4n) is 1.27. The molecule has 0 aliphatic carbocycles. The van der Waals surface area contributed by atoms with Gasteiger partial charge >= 0.3 is 5.69 Å². The monoisotopic (exact) mass is 180 g/mol. The molecule has 0 saturated carbocycles. The van der Waals surface area contributed by atoms with Crippen LogP contribution in [0.4, 0.5) is 0 Å². The second-order valence-electron chi connectivity index (χ2n) is 2.99. The van der Waals surface area contributed by atoms with Crippen LogP contribution in [0.3, 0.4) is 0 Å². The van der Waals surface area contributed by atoms with E-state index in [1.807, 2.05) is 25.4 Å². The molecule has 0 amide bonds. The van der Waals surface area contributed by atoms with Crippen molar-refractivity contribution in [2.24, 2.45) is 0 Å². The van der Waals surface area contributed by atoms with Crippen LogP contribution in [0.15, 0.2) is 29.8 Å². The lowest BCUT2D eigenvalue weighted by Crippen LogP contribution is -2.23. The lowest BCUT2D eigenvalue weighted by molar-refractivity contribution is 0.601. The van der Waals surface area contributed by atoms with Gasteiger partial charge in [-0.25, -0.2) is 4.79 Å². The van der Waals surface area contributed by atoms with Crippen LogP contribution in [0, 0.1) is 0 Å². The van der Waals surface area contributed by atoms with Crippen LogP contribution in [0.25, 0.3) is 0 Å². The first kappa shape index (κ1) is 9.84. The molecule has 0 bridgehead atoms. The number of rotatable bonds is 5. The SMILES string of the molecule is C=CCCCn1ccn(CC)c1=O. The fraction of sp³-hybridized carbons (Fsp3) is 0.500. The van der Waals surface area contributed by atoms with E-state index in [-0.39, 0.29) is 5.69 Å². The molecule has 13 heavy (non-hydrogen) atoms. The predicted octanol–water partition coefficient (Wildman–Crippen LogP) is 1.64. The Kier molecular flexibility index (Phi) is 3.55. The third-order valence-electron chi connectivity index (χ3n) is 2.07. The summed E-state index contributed by atoms with van der Waals surface area (Å²) in [6.07, 6.45) is 7.49. The summed E-state index contributed by atoms with van der Waals surface area (Å²) in [5, 5.41) is 0. The average Bonchev–Trinajstić information content (AvgIpc) is 2.48. The maximum absolute atomic E-state index is 11.5. The summed E-state index contributed by atoms with van der Waals surface area (Å²) in [6.45, 7) is 7.14. The summed E-state index contributed by atoms with van der Waals surface area (Å²) in [5.41, 5.74) is 0.0894. The number of allylic oxidation sites excluding steroid dienone is 1. The lowest BCUT2D eigenvalue weighted by atomic mass is 10.3. The van der Waals surface area contributed by atoms with Gasteiger partial charge in [-0.05, 0) is 19.8 Å². The van der Waals surface area contributed by atoms with Crippen molar-refractivity contribution in [2.75, 3.05) is 0 Å². The van der Waals surface area contributed by atoms with Gasteiger partial charge in [0.2, 0.25) is 0 Å². The molecule has 1 rings (SSSR count). The van der Waals surface area contributed by atoms with Crippen LogP contribution in [-0.4, -0.2) is 9.13 Å². The fourth-order valence-corrected chi connectivity index (χ4v) is 1.27. The largest absolute Gasteiger partial charge is 0.328 e. The van der Waals surface area contributed by atoms with Gasteiger partial charge in [0.05, 0.1) is 0 Å². The van der Waals surface area contributed by atoms with E-state index < -0.39 is 0 Å². The Morgan fingerprint density at radius 3 is 2.69 bits per heavy atom. The van der Waals surface area contributed by atoms with E-state index in [0.29, 0.717) is 0 Å². The molecule has 3 heteroatoms. The van der Waals surface area contributed by atoms with Crippen LogP contribution in [0.1, 0.15) is 19.8 Å². The molecule has 0 fully saturated rings. The molecule has 0 spiro atoms. The van der Waals surface area contributed by atoms with E-state index in [9.17, 15) is 4.79 Å². The number of unbranched alkanes of at least 4 members (excludes halogenated alkanes) is 1. The average molecular weight is 180 g/mol. The van der Waals surface area contributed by atoms with Gasteiger partial charge < -0.3 is 0 Å². The van der Waals surface area contributed by atoms with Gasteiger partial charge in [0.15, 0.2) is 0 Å². The van der Waals surface area contributed by atoms with Crippen molar-refractivity contribution in [1.82, 2.24) is 9.13 Å². The molecule has 0 unspecified atom stereocenters. The minimum Gasteiger partial charge on any atom is -0.300 e. The van der Waals surface area contributed by atoms with Gasteiger partial charge in [-0.1, -0.05) is 6.08 Å². The molecule has 0 atom stereocenters. The second-order valence-corrected chi connectivity index (χ2v) is 2.99. The Labute approximate surface area is 78.3 Å². The maximum Gasteiger partial charge on any atom is 0.328 e. The second kappa shape index (κ2) is 4.70. The molecule has 0 saturated heterocycles. The van der Waals surface area contributed by atoms with Crippen LogP contribution in [-0.2, 0) is 13.1 Å². The highest BCUT2D eigenvalue weighted by Gasteiger charge is 1.99. The Morgan fingerprint density at radius 2 is 2.15 bits per heavy atom. The number of hydrogen-bond donors (Lipinski definition) is 0. The molecule has 1 aromatic heterocycles. The van der Waals surface area contributed by atoms with E-state index in [1.54, 1.807) is 9.13 Å². The summed E-state index contributed by atoms with van der Waals surface area (Å²) in [4.78, 5) is 11.5. The number of aromatic nitrogens is 2. The van der Waals surface area contributed by atoms with Crippen molar-refractivity contribution in [3.05, 3.63) is 35.5 Å². The minimum absolute atomic E-state index is 0.0894. The Balaban J connectivity index is 2.62. The van der Waals surface area contributed by atoms with Gasteiger partial charge in [-0.2, -0.15) is 0 Å². The molecule has 72 valence electrons. The molecule has 0 aliphatic heterocycles. The highest BCUT2D eigenvalue weighted by Crippen LogP contribution is 1.93. The molecule has 0 aliphatic rings. The minimum atomic E-state index is 0.0894. The van der Waals surface area contributed by atoms with Gasteiger partial charge in [-0.15, -0.1) is 6.58 Å². The highest BCUT2D eigenvalue weighted by molar-refractivity contribution is 4.81. The zero-order valence-electron chi connectivity index (χ0n) is 8.07. The lowest BCUT2D eigenvalue weighted by Gasteiger charge is -1.98. The van der Waals surface area contributed by atoms with Crippen molar-refractivity contribution >= 4 is 0 Å². The zero-order valence-corrected chi connectivity index (χ0v) is 8.07. The molecule has 1 aromatic rings. The van der Waals surface area contributed by atoms with Crippen molar-refractivity contribution < 1.29 is 0 Å². The van der Waals surface area contributed by atoms with Gasteiger partial charge in [0.1, 0.15) is 0 Å². The summed E-state index contributed by atoms with van der Waals surface area (Å²) in [7, 11) is 0. The molecule has 0 N–H and O–H groups in total. The molecular formula is C10H16N2O. The molecule has 0 radical (unpaired) electrons. The van der Waals surface area contributed by atoms with E-state index in [1.165, 1.54) is 0 Å². The van der Waals surface area contributed by atoms with Gasteiger partial charge in [-0.3, -0.25) is 9.13 Å². The Bertz CT molecular complexity index is 322. The number of aryl methyl sites for hydroxylation is 2. The Morgan fingerprint density at radius 1 is 1.46 bits per heavy atom. The Hall–Kier alpha value is -1.25. The summed E-state index contributed by atoms with van der Waals surface area (Å²) in [6, 6.07) is 0. The first-order valence-electron chi connectivity index (χ1n) is 4.66. The normalized spacial score (nSPS) is 10.2. The third-order valence-corrected chi connectivity index (χ3v) is 2.07.